The molecule has 7 heteroatoms. The number of aliphatic hydroxyl groups excluding tert-OH is 1. The molecular weight excluding hydrogens is 344 g/mol. The van der Waals surface area contributed by atoms with E-state index in [4.69, 9.17) is 9.84 Å². The van der Waals surface area contributed by atoms with Gasteiger partial charge in [-0.1, -0.05) is 0 Å². The SMILES string of the molecule is CCOC(=O)c1ccc(Nc2ncnc3c2c(C)c(C)n3CCCO)cc1. The van der Waals surface area contributed by atoms with Crippen LogP contribution in [0, 0.1) is 13.8 Å². The third-order valence-corrected chi connectivity index (χ3v) is 4.60. The lowest BCUT2D eigenvalue weighted by atomic mass is 10.2. The molecule has 142 valence electrons. The van der Waals surface area contributed by atoms with E-state index in [-0.39, 0.29) is 12.6 Å². The summed E-state index contributed by atoms with van der Waals surface area (Å²) in [4.78, 5) is 20.6. The molecule has 0 aliphatic heterocycles. The largest absolute Gasteiger partial charge is 0.462 e. The van der Waals surface area contributed by atoms with Crippen molar-refractivity contribution in [3.05, 3.63) is 47.4 Å². The van der Waals surface area contributed by atoms with Crippen LogP contribution >= 0.6 is 0 Å². The van der Waals surface area contributed by atoms with Crippen LogP contribution in [0.4, 0.5) is 11.5 Å². The molecule has 0 saturated heterocycles. The van der Waals surface area contributed by atoms with Crippen LogP contribution in [0.25, 0.3) is 11.0 Å². The van der Waals surface area contributed by atoms with Gasteiger partial charge < -0.3 is 19.7 Å². The van der Waals surface area contributed by atoms with E-state index < -0.39 is 0 Å². The zero-order valence-electron chi connectivity index (χ0n) is 15.8. The van der Waals surface area contributed by atoms with Crippen LogP contribution in [0.3, 0.4) is 0 Å². The summed E-state index contributed by atoms with van der Waals surface area (Å²) in [5.74, 6) is 0.383. The lowest BCUT2D eigenvalue weighted by Crippen LogP contribution is -2.05. The number of hydrogen-bond acceptors (Lipinski definition) is 6. The maximum atomic E-state index is 11.8. The first-order valence-electron chi connectivity index (χ1n) is 9.02. The second kappa shape index (κ2) is 8.18. The molecule has 0 aliphatic rings. The number of aryl methyl sites for hydroxylation is 2. The van der Waals surface area contributed by atoms with Crippen molar-refractivity contribution in [2.24, 2.45) is 0 Å². The van der Waals surface area contributed by atoms with Gasteiger partial charge in [0.2, 0.25) is 0 Å². The lowest BCUT2D eigenvalue weighted by molar-refractivity contribution is 0.0526. The van der Waals surface area contributed by atoms with Crippen molar-refractivity contribution in [3.8, 4) is 0 Å². The van der Waals surface area contributed by atoms with Gasteiger partial charge in [0.05, 0.1) is 17.6 Å². The van der Waals surface area contributed by atoms with Gasteiger partial charge in [-0.3, -0.25) is 0 Å². The van der Waals surface area contributed by atoms with E-state index in [0.717, 1.165) is 28.0 Å². The van der Waals surface area contributed by atoms with Gasteiger partial charge in [-0.25, -0.2) is 14.8 Å². The summed E-state index contributed by atoms with van der Waals surface area (Å²) in [5, 5.41) is 13.4. The Morgan fingerprint density at radius 2 is 1.96 bits per heavy atom. The molecule has 0 radical (unpaired) electrons. The minimum atomic E-state index is -0.332. The number of carbonyl (C=O) groups excluding carboxylic acids is 1. The Hall–Kier alpha value is -2.93. The van der Waals surface area contributed by atoms with Crippen LogP contribution in [-0.4, -0.2) is 38.8 Å². The Balaban J connectivity index is 1.92. The molecule has 2 N–H and O–H groups in total. The number of anilines is 2. The normalized spacial score (nSPS) is 11.0. The molecule has 27 heavy (non-hydrogen) atoms. The number of nitrogens with one attached hydrogen (secondary N) is 1. The van der Waals surface area contributed by atoms with E-state index >= 15 is 0 Å². The van der Waals surface area contributed by atoms with Gasteiger partial charge in [-0.2, -0.15) is 0 Å². The molecular formula is C20H24N4O3. The molecule has 0 aliphatic carbocycles. The first kappa shape index (κ1) is 18.8. The quantitative estimate of drug-likeness (QED) is 0.622. The molecule has 1 aromatic carbocycles. The Kier molecular flexibility index (Phi) is 5.71. The molecule has 0 amide bonds. The molecule has 0 spiro atoms. The summed E-state index contributed by atoms with van der Waals surface area (Å²) in [6, 6.07) is 7.10. The van der Waals surface area contributed by atoms with Crippen molar-refractivity contribution in [2.75, 3.05) is 18.5 Å². The maximum absolute atomic E-state index is 11.8. The maximum Gasteiger partial charge on any atom is 0.338 e. The van der Waals surface area contributed by atoms with Gasteiger partial charge in [-0.05, 0) is 57.0 Å². The standard InChI is InChI=1S/C20H24N4O3/c1-4-27-20(26)15-6-8-16(9-7-15)23-18-17-13(2)14(3)24(10-5-11-25)19(17)22-12-21-18/h6-9,12,25H,4-5,10-11H2,1-3H3,(H,21,22,23). The first-order chi connectivity index (χ1) is 13.1. The molecule has 3 rings (SSSR count). The molecule has 0 unspecified atom stereocenters. The van der Waals surface area contributed by atoms with Gasteiger partial charge in [0.1, 0.15) is 17.8 Å². The summed E-state index contributed by atoms with van der Waals surface area (Å²) in [6.45, 7) is 7.07. The number of carbonyl (C=O) groups is 1. The van der Waals surface area contributed by atoms with E-state index in [1.54, 1.807) is 19.1 Å². The van der Waals surface area contributed by atoms with Crippen LogP contribution < -0.4 is 5.32 Å². The fourth-order valence-corrected chi connectivity index (χ4v) is 3.11. The van der Waals surface area contributed by atoms with Crippen molar-refractivity contribution in [2.45, 2.75) is 33.7 Å². The lowest BCUT2D eigenvalue weighted by Gasteiger charge is -2.09. The third-order valence-electron chi connectivity index (χ3n) is 4.60. The fraction of sp³-hybridized carbons (Fsp3) is 0.350. The van der Waals surface area contributed by atoms with Crippen LogP contribution in [0.5, 0.6) is 0 Å². The third kappa shape index (κ3) is 3.78. The molecule has 0 saturated carbocycles. The second-order valence-corrected chi connectivity index (χ2v) is 6.28. The highest BCUT2D eigenvalue weighted by atomic mass is 16.5. The number of fused-ring (bicyclic) bond motifs is 1. The molecule has 0 bridgehead atoms. The summed E-state index contributed by atoms with van der Waals surface area (Å²) in [6.07, 6.45) is 2.21. The van der Waals surface area contributed by atoms with Gasteiger partial charge in [0.15, 0.2) is 0 Å². The molecule has 0 atom stereocenters. The highest BCUT2D eigenvalue weighted by molar-refractivity contribution is 5.94. The van der Waals surface area contributed by atoms with Crippen molar-refractivity contribution >= 4 is 28.5 Å². The Labute approximate surface area is 158 Å². The van der Waals surface area contributed by atoms with E-state index in [1.807, 2.05) is 26.0 Å². The molecule has 2 heterocycles. The van der Waals surface area contributed by atoms with Crippen LogP contribution in [-0.2, 0) is 11.3 Å². The summed E-state index contributed by atoms with van der Waals surface area (Å²) in [7, 11) is 0. The van der Waals surface area contributed by atoms with E-state index in [2.05, 4.69) is 19.9 Å². The highest BCUT2D eigenvalue weighted by Gasteiger charge is 2.16. The minimum absolute atomic E-state index is 0.140. The van der Waals surface area contributed by atoms with Gasteiger partial charge in [0, 0.05) is 24.5 Å². The molecule has 2 aromatic heterocycles. The average molecular weight is 368 g/mol. The number of aliphatic hydroxyl groups is 1. The number of aromatic nitrogens is 3. The zero-order valence-corrected chi connectivity index (χ0v) is 15.8. The monoisotopic (exact) mass is 368 g/mol. The summed E-state index contributed by atoms with van der Waals surface area (Å²) in [5.41, 5.74) is 4.40. The highest BCUT2D eigenvalue weighted by Crippen LogP contribution is 2.30. The van der Waals surface area contributed by atoms with E-state index in [9.17, 15) is 4.79 Å². The number of nitrogens with zero attached hydrogens (tertiary/aromatic N) is 3. The smallest absolute Gasteiger partial charge is 0.338 e. The average Bonchev–Trinajstić information content (AvgIpc) is 2.92. The number of benzene rings is 1. The Morgan fingerprint density at radius 3 is 2.63 bits per heavy atom. The Bertz CT molecular complexity index is 948. The summed E-state index contributed by atoms with van der Waals surface area (Å²) < 4.78 is 7.12. The van der Waals surface area contributed by atoms with Gasteiger partial charge in [-0.15, -0.1) is 0 Å². The van der Waals surface area contributed by atoms with Crippen molar-refractivity contribution < 1.29 is 14.6 Å². The molecule has 0 fully saturated rings. The minimum Gasteiger partial charge on any atom is -0.462 e. The first-order valence-corrected chi connectivity index (χ1v) is 9.02. The van der Waals surface area contributed by atoms with E-state index in [0.29, 0.717) is 31.0 Å². The second-order valence-electron chi connectivity index (χ2n) is 6.28. The number of esters is 1. The number of hydrogen-bond donors (Lipinski definition) is 2. The number of rotatable bonds is 7. The van der Waals surface area contributed by atoms with Crippen molar-refractivity contribution in [3.63, 3.8) is 0 Å². The Morgan fingerprint density at radius 1 is 1.22 bits per heavy atom. The van der Waals surface area contributed by atoms with Crippen molar-refractivity contribution in [1.82, 2.24) is 14.5 Å². The molecule has 7 nitrogen and oxygen atoms in total. The predicted octanol–water partition coefficient (Wildman–Crippen LogP) is 3.35. The van der Waals surface area contributed by atoms with E-state index in [1.165, 1.54) is 6.33 Å². The fourth-order valence-electron chi connectivity index (χ4n) is 3.11. The zero-order chi connectivity index (χ0) is 19.4. The van der Waals surface area contributed by atoms with Crippen molar-refractivity contribution in [1.29, 1.82) is 0 Å². The van der Waals surface area contributed by atoms with Gasteiger partial charge in [0.25, 0.3) is 0 Å². The van der Waals surface area contributed by atoms with Crippen LogP contribution in [0.2, 0.25) is 0 Å². The predicted molar refractivity (Wildman–Crippen MR) is 104 cm³/mol. The molecule has 3 aromatic rings. The topological polar surface area (TPSA) is 89.3 Å². The van der Waals surface area contributed by atoms with Gasteiger partial charge >= 0.3 is 5.97 Å². The summed E-state index contributed by atoms with van der Waals surface area (Å²) >= 11 is 0. The number of ether oxygens (including phenoxy) is 1. The van der Waals surface area contributed by atoms with Crippen LogP contribution in [0.1, 0.15) is 35.0 Å². The van der Waals surface area contributed by atoms with Crippen LogP contribution in [0.15, 0.2) is 30.6 Å².